The first-order chi connectivity index (χ1) is 9.21. The molecule has 1 aliphatic rings. The molecule has 1 atom stereocenters. The molecule has 7 nitrogen and oxygen atoms in total. The Balaban J connectivity index is 2.12. The van der Waals surface area contributed by atoms with Gasteiger partial charge in [0.1, 0.15) is 0 Å². The maximum absolute atomic E-state index is 11.9. The van der Waals surface area contributed by atoms with Gasteiger partial charge in [0, 0.05) is 0 Å². The van der Waals surface area contributed by atoms with E-state index in [9.17, 15) is 18.0 Å². The number of ether oxygens (including phenoxy) is 1. The summed E-state index contributed by atoms with van der Waals surface area (Å²) in [6, 6.07) is 8.05. The molecule has 9 heteroatoms. The lowest BCUT2D eigenvalue weighted by Gasteiger charge is -2.44. The van der Waals surface area contributed by atoms with Crippen molar-refractivity contribution < 1.29 is 27.0 Å². The number of carbonyl (C=O) groups excluding carboxylic acids is 2. The monoisotopic (exact) mass is 319 g/mol. The zero-order valence-corrected chi connectivity index (χ0v) is 11.8. The highest BCUT2D eigenvalue weighted by Gasteiger charge is 2.54. The zero-order valence-electron chi connectivity index (χ0n) is 10.3. The average Bonchev–Trinajstić information content (AvgIpc) is 2.36. The number of amides is 1. The first-order valence-electron chi connectivity index (χ1n) is 5.47. The lowest BCUT2D eigenvalue weighted by Crippen LogP contribution is -2.63. The number of halogens is 1. The van der Waals surface area contributed by atoms with Crippen LogP contribution in [0.3, 0.4) is 0 Å². The molecule has 0 bridgehead atoms. The van der Waals surface area contributed by atoms with Crippen molar-refractivity contribution in [1.29, 1.82) is 0 Å². The van der Waals surface area contributed by atoms with E-state index in [0.29, 0.717) is 5.06 Å². The molecule has 1 fully saturated rings. The molecule has 1 aromatic carbocycles. The summed E-state index contributed by atoms with van der Waals surface area (Å²) in [5.41, 5.74) is -1.24. The molecule has 0 aliphatic carbocycles. The zero-order chi connectivity index (χ0) is 15.0. The number of nitrogens with zero attached hydrogens (tertiary/aromatic N) is 1. The Kier molecular flexibility index (Phi) is 3.72. The van der Waals surface area contributed by atoms with E-state index in [1.165, 1.54) is 19.1 Å². The largest absolute Gasteiger partial charge is 0.433 e. The quantitative estimate of drug-likeness (QED) is 0.470. The Hall–Kier alpha value is -1.64. The summed E-state index contributed by atoms with van der Waals surface area (Å²) in [6.07, 6.45) is -0.196. The molecule has 0 spiro atoms. The van der Waals surface area contributed by atoms with Crippen LogP contribution in [0.4, 0.5) is 0 Å². The number of esters is 1. The van der Waals surface area contributed by atoms with Crippen LogP contribution in [0.25, 0.3) is 0 Å². The first-order valence-corrected chi connectivity index (χ1v) is 7.70. The summed E-state index contributed by atoms with van der Waals surface area (Å²) < 4.78 is 31.1. The number of hydrogen-bond donors (Lipinski definition) is 0. The number of hydrogen-bond acceptors (Lipinski definition) is 6. The minimum Gasteiger partial charge on any atom is -0.433 e. The van der Waals surface area contributed by atoms with E-state index in [1.54, 1.807) is 18.2 Å². The molecule has 20 heavy (non-hydrogen) atoms. The Morgan fingerprint density at radius 3 is 2.45 bits per heavy atom. The molecule has 1 unspecified atom stereocenters. The van der Waals surface area contributed by atoms with Gasteiger partial charge in [-0.2, -0.15) is 13.5 Å². The second-order valence-corrected chi connectivity index (χ2v) is 6.33. The van der Waals surface area contributed by atoms with E-state index in [1.807, 2.05) is 0 Å². The Bertz CT molecular complexity index is 646. The minimum atomic E-state index is -4.40. The molecule has 0 saturated carbocycles. The normalized spacial score (nSPS) is 22.3. The molecular weight excluding hydrogens is 310 g/mol. The van der Waals surface area contributed by atoms with Crippen molar-refractivity contribution in [2.45, 2.75) is 19.1 Å². The molecule has 1 heterocycles. The van der Waals surface area contributed by atoms with Crippen LogP contribution < -0.4 is 0 Å². The van der Waals surface area contributed by atoms with Crippen LogP contribution in [0, 0.1) is 0 Å². The van der Waals surface area contributed by atoms with Gasteiger partial charge in [0.05, 0.1) is 22.7 Å². The second-order valence-electron chi connectivity index (χ2n) is 4.26. The van der Waals surface area contributed by atoms with Gasteiger partial charge in [0.2, 0.25) is 5.72 Å². The lowest BCUT2D eigenvalue weighted by atomic mass is 10.0. The van der Waals surface area contributed by atoms with Gasteiger partial charge in [0.25, 0.3) is 5.91 Å². The van der Waals surface area contributed by atoms with Crippen molar-refractivity contribution >= 4 is 31.9 Å². The van der Waals surface area contributed by atoms with Gasteiger partial charge < -0.3 is 4.74 Å². The van der Waals surface area contributed by atoms with E-state index < -0.39 is 26.9 Å². The van der Waals surface area contributed by atoms with Gasteiger partial charge in [0.15, 0.2) is 0 Å². The van der Waals surface area contributed by atoms with E-state index in [-0.39, 0.29) is 12.0 Å². The Labute approximate surface area is 119 Å². The Morgan fingerprint density at radius 2 is 1.95 bits per heavy atom. The van der Waals surface area contributed by atoms with Gasteiger partial charge in [-0.1, -0.05) is 18.2 Å². The molecule has 1 aromatic rings. The summed E-state index contributed by atoms with van der Waals surface area (Å²) in [6.45, 7) is 1.34. The average molecular weight is 320 g/mol. The second kappa shape index (κ2) is 5.04. The molecule has 0 radical (unpaired) electrons. The minimum absolute atomic E-state index is 0.196. The van der Waals surface area contributed by atoms with Crippen LogP contribution in [0.15, 0.2) is 30.3 Å². The van der Waals surface area contributed by atoms with E-state index in [2.05, 4.69) is 4.28 Å². The van der Waals surface area contributed by atoms with Crippen molar-refractivity contribution in [3.8, 4) is 0 Å². The molecule has 1 amide bonds. The molecule has 2 rings (SSSR count). The molecule has 108 valence electrons. The lowest BCUT2D eigenvalue weighted by molar-refractivity contribution is -0.266. The van der Waals surface area contributed by atoms with Crippen LogP contribution in [0.5, 0.6) is 0 Å². The number of hydroxylamine groups is 2. The number of rotatable bonds is 4. The van der Waals surface area contributed by atoms with Crippen molar-refractivity contribution in [2.75, 3.05) is 0 Å². The number of carbonyl (C=O) groups is 2. The van der Waals surface area contributed by atoms with Gasteiger partial charge in [-0.05, 0) is 19.1 Å². The molecule has 1 aliphatic heterocycles. The van der Waals surface area contributed by atoms with Crippen LogP contribution in [-0.2, 0) is 23.1 Å². The summed E-state index contributed by atoms with van der Waals surface area (Å²) in [4.78, 5) is 23.2. The summed E-state index contributed by atoms with van der Waals surface area (Å²) >= 11 is 0. The topological polar surface area (TPSA) is 90.0 Å². The van der Waals surface area contributed by atoms with Gasteiger partial charge in [-0.3, -0.25) is 4.79 Å². The molecule has 0 aromatic heterocycles. The number of β-lactam (4-membered cyclic amide) rings is 1. The van der Waals surface area contributed by atoms with Crippen LogP contribution >= 0.6 is 10.7 Å². The van der Waals surface area contributed by atoms with Crippen molar-refractivity contribution in [2.24, 2.45) is 0 Å². The SMILES string of the molecule is CC1(OC(=O)c2ccccc2)CC(=O)N1OS(=O)(=O)Cl. The third kappa shape index (κ3) is 3.09. The van der Waals surface area contributed by atoms with E-state index in [0.717, 1.165) is 0 Å². The third-order valence-electron chi connectivity index (χ3n) is 2.62. The Morgan fingerprint density at radius 1 is 1.35 bits per heavy atom. The smallest absolute Gasteiger partial charge is 0.376 e. The van der Waals surface area contributed by atoms with Gasteiger partial charge in [-0.15, -0.1) is 4.28 Å². The summed E-state index contributed by atoms with van der Waals surface area (Å²) in [5.74, 6) is -1.36. The van der Waals surface area contributed by atoms with Crippen molar-refractivity contribution in [3.63, 3.8) is 0 Å². The molecular formula is C11H10ClNO6S. The fraction of sp³-hybridized carbons (Fsp3) is 0.273. The van der Waals surface area contributed by atoms with Crippen molar-refractivity contribution in [1.82, 2.24) is 5.06 Å². The molecule has 1 saturated heterocycles. The maximum Gasteiger partial charge on any atom is 0.376 e. The fourth-order valence-electron chi connectivity index (χ4n) is 1.72. The summed E-state index contributed by atoms with van der Waals surface area (Å²) in [7, 11) is 0.500. The predicted octanol–water partition coefficient (Wildman–Crippen LogP) is 1.21. The van der Waals surface area contributed by atoms with Crippen LogP contribution in [0.2, 0.25) is 0 Å². The highest BCUT2D eigenvalue weighted by atomic mass is 35.7. The van der Waals surface area contributed by atoms with Gasteiger partial charge in [-0.25, -0.2) is 4.79 Å². The van der Waals surface area contributed by atoms with Gasteiger partial charge >= 0.3 is 15.3 Å². The predicted molar refractivity (Wildman–Crippen MR) is 67.6 cm³/mol. The standard InChI is InChI=1S/C11H10ClNO6S/c1-11(7-9(14)13(11)19-20(12,16)17)18-10(15)8-5-3-2-4-6-8/h2-6H,7H2,1H3. The third-order valence-corrected chi connectivity index (χ3v) is 3.12. The molecule has 0 N–H and O–H groups in total. The van der Waals surface area contributed by atoms with Crippen molar-refractivity contribution in [3.05, 3.63) is 35.9 Å². The highest BCUT2D eigenvalue weighted by molar-refractivity contribution is 8.09. The maximum atomic E-state index is 11.9. The van der Waals surface area contributed by atoms with Crippen LogP contribution in [0.1, 0.15) is 23.7 Å². The number of benzene rings is 1. The fourth-order valence-corrected chi connectivity index (χ4v) is 2.30. The first kappa shape index (κ1) is 14.8. The van der Waals surface area contributed by atoms with Crippen LogP contribution in [-0.4, -0.2) is 31.1 Å². The summed E-state index contributed by atoms with van der Waals surface area (Å²) in [5, 5.41) is 0.427. The van der Waals surface area contributed by atoms with E-state index >= 15 is 0 Å². The van der Waals surface area contributed by atoms with E-state index in [4.69, 9.17) is 15.4 Å². The highest BCUT2D eigenvalue weighted by Crippen LogP contribution is 2.35.